The molecule has 0 radical (unpaired) electrons. The Hall–Kier alpha value is 1.25. The van der Waals surface area contributed by atoms with Gasteiger partial charge in [0, 0.05) is 0 Å². The van der Waals surface area contributed by atoms with Gasteiger partial charge >= 0.3 is 29.6 Å². The smallest absolute Gasteiger partial charge is 0.855 e. The van der Waals surface area contributed by atoms with Crippen LogP contribution in [-0.4, -0.2) is 6.61 Å². The maximum Gasteiger partial charge on any atom is 1.00 e. The first-order valence-electron chi connectivity index (χ1n) is 0.996. The average Bonchev–Trinajstić information content (AvgIpc) is 0.918. The molecular formula is C2H6ClNaO. The third-order valence-electron chi connectivity index (χ3n) is 0. The second-order valence-electron chi connectivity index (χ2n) is 0.289. The molecule has 0 heterocycles. The monoisotopic (exact) mass is 104 g/mol. The molecule has 0 rings (SSSR count). The summed E-state index contributed by atoms with van der Waals surface area (Å²) in [7, 11) is 0. The Balaban J connectivity index is -0.0000000200. The van der Waals surface area contributed by atoms with Crippen LogP contribution in [0.15, 0.2) is 0 Å². The van der Waals surface area contributed by atoms with Gasteiger partial charge in [-0.05, 0) is 0 Å². The zero-order valence-electron chi connectivity index (χ0n) is 3.52. The van der Waals surface area contributed by atoms with Gasteiger partial charge < -0.3 is 5.11 Å². The summed E-state index contributed by atoms with van der Waals surface area (Å²) >= 11 is 0. The minimum absolute atomic E-state index is 0. The van der Waals surface area contributed by atoms with Crippen molar-refractivity contribution in [1.82, 2.24) is 0 Å². The van der Waals surface area contributed by atoms with Crippen molar-refractivity contribution in [2.24, 2.45) is 0 Å². The summed E-state index contributed by atoms with van der Waals surface area (Å²) in [5.41, 5.74) is 0. The van der Waals surface area contributed by atoms with Crippen LogP contribution in [0.5, 0.6) is 0 Å². The molecule has 0 aromatic carbocycles. The van der Waals surface area contributed by atoms with Crippen LogP contribution >= 0.6 is 12.4 Å². The van der Waals surface area contributed by atoms with Crippen LogP contribution in [0.1, 0.15) is 6.92 Å². The Morgan fingerprint density at radius 3 is 1.60 bits per heavy atom. The molecule has 0 atom stereocenters. The molecule has 0 saturated carbocycles. The molecule has 1 nitrogen and oxygen atoms in total. The first-order chi connectivity index (χ1) is 1.41. The summed E-state index contributed by atoms with van der Waals surface area (Å²) in [4.78, 5) is 0. The molecule has 0 aliphatic rings. The molecule has 3 heteroatoms. The second-order valence-corrected chi connectivity index (χ2v) is 0.289. The molecule has 0 aliphatic heterocycles. The Bertz CT molecular complexity index is 9.61. The SMILES string of the molecule is CC[O-].Cl.[Na+]. The maximum absolute atomic E-state index is 8.93. The van der Waals surface area contributed by atoms with Crippen LogP contribution in [0.2, 0.25) is 0 Å². The summed E-state index contributed by atoms with van der Waals surface area (Å²) in [6, 6.07) is 0. The quantitative estimate of drug-likeness (QED) is 0.297. The molecule has 0 amide bonds. The van der Waals surface area contributed by atoms with E-state index in [-0.39, 0.29) is 48.6 Å². The van der Waals surface area contributed by atoms with Crippen LogP contribution in [0.25, 0.3) is 0 Å². The van der Waals surface area contributed by atoms with Gasteiger partial charge in [-0.1, -0.05) is 6.92 Å². The van der Waals surface area contributed by atoms with E-state index in [9.17, 15) is 0 Å². The Kier molecular flexibility index (Phi) is 61.1. The van der Waals surface area contributed by atoms with Crippen molar-refractivity contribution in [3.8, 4) is 0 Å². The minimum Gasteiger partial charge on any atom is -0.855 e. The number of hydrogen-bond acceptors (Lipinski definition) is 1. The van der Waals surface area contributed by atoms with Gasteiger partial charge in [0.05, 0.1) is 0 Å². The molecule has 0 spiro atoms. The fraction of sp³-hybridized carbons (Fsp3) is 1.00. The first-order valence-corrected chi connectivity index (χ1v) is 0.996. The molecule has 0 aliphatic carbocycles. The standard InChI is InChI=1S/C2H5O.ClH.Na/c1-2-3;;/h2H2,1H3;1H;/q-1;;+1. The Morgan fingerprint density at radius 2 is 1.60 bits per heavy atom. The molecular weight excluding hydrogens is 98.5 g/mol. The van der Waals surface area contributed by atoms with Crippen LogP contribution in [0.4, 0.5) is 0 Å². The molecule has 0 bridgehead atoms. The third kappa shape index (κ3) is 35.5. The molecule has 0 unspecified atom stereocenters. The van der Waals surface area contributed by atoms with E-state index in [1.54, 1.807) is 6.92 Å². The first kappa shape index (κ1) is 16.3. The molecule has 0 N–H and O–H groups in total. The van der Waals surface area contributed by atoms with E-state index >= 15 is 0 Å². The molecule has 5 heavy (non-hydrogen) atoms. The largest absolute Gasteiger partial charge is 1.00 e. The second kappa shape index (κ2) is 18.7. The predicted molar refractivity (Wildman–Crippen MR) is 17.8 cm³/mol. The number of hydrogen-bond donors (Lipinski definition) is 0. The van der Waals surface area contributed by atoms with Gasteiger partial charge in [-0.2, -0.15) is 0 Å². The van der Waals surface area contributed by atoms with Gasteiger partial charge in [0.2, 0.25) is 0 Å². The van der Waals surface area contributed by atoms with Crippen LogP contribution in [-0.2, 0) is 0 Å². The number of halogens is 1. The molecule has 0 saturated heterocycles. The zero-order valence-corrected chi connectivity index (χ0v) is 6.34. The van der Waals surface area contributed by atoms with E-state index in [0.717, 1.165) is 0 Å². The van der Waals surface area contributed by atoms with Crippen molar-refractivity contribution >= 4 is 12.4 Å². The van der Waals surface area contributed by atoms with Crippen molar-refractivity contribution in [3.63, 3.8) is 0 Å². The summed E-state index contributed by atoms with van der Waals surface area (Å²) < 4.78 is 0. The van der Waals surface area contributed by atoms with E-state index < -0.39 is 0 Å². The summed E-state index contributed by atoms with van der Waals surface area (Å²) in [6.45, 7) is 1.57. The van der Waals surface area contributed by atoms with Gasteiger partial charge in [0.1, 0.15) is 0 Å². The van der Waals surface area contributed by atoms with E-state index in [4.69, 9.17) is 5.11 Å². The van der Waals surface area contributed by atoms with Gasteiger partial charge in [-0.25, -0.2) is 0 Å². The van der Waals surface area contributed by atoms with Crippen LogP contribution < -0.4 is 34.7 Å². The average molecular weight is 105 g/mol. The van der Waals surface area contributed by atoms with E-state index in [0.29, 0.717) is 0 Å². The van der Waals surface area contributed by atoms with Crippen molar-refractivity contribution in [1.29, 1.82) is 0 Å². The van der Waals surface area contributed by atoms with Crippen LogP contribution in [0.3, 0.4) is 0 Å². The topological polar surface area (TPSA) is 23.1 Å². The van der Waals surface area contributed by atoms with Crippen LogP contribution in [0, 0.1) is 0 Å². The minimum atomic E-state index is 0. The van der Waals surface area contributed by atoms with E-state index in [2.05, 4.69) is 0 Å². The summed E-state index contributed by atoms with van der Waals surface area (Å²) in [5, 5.41) is 8.93. The predicted octanol–water partition coefficient (Wildman–Crippen LogP) is -3.21. The molecule has 0 aromatic heterocycles. The molecule has 0 aromatic rings. The maximum atomic E-state index is 8.93. The molecule has 28 valence electrons. The normalized spacial score (nSPS) is 3.60. The van der Waals surface area contributed by atoms with Gasteiger partial charge in [0.15, 0.2) is 0 Å². The Labute approximate surface area is 60.5 Å². The number of rotatable bonds is 0. The summed E-state index contributed by atoms with van der Waals surface area (Å²) in [5.74, 6) is 0. The fourth-order valence-corrected chi connectivity index (χ4v) is 0. The van der Waals surface area contributed by atoms with Crippen molar-refractivity contribution in [2.45, 2.75) is 6.92 Å². The Morgan fingerprint density at radius 1 is 1.60 bits per heavy atom. The molecule has 0 fully saturated rings. The summed E-state index contributed by atoms with van der Waals surface area (Å²) in [6.07, 6.45) is 0. The van der Waals surface area contributed by atoms with E-state index in [1.165, 1.54) is 0 Å². The van der Waals surface area contributed by atoms with Crippen molar-refractivity contribution in [3.05, 3.63) is 0 Å². The van der Waals surface area contributed by atoms with Gasteiger partial charge in [0.25, 0.3) is 0 Å². The fourth-order valence-electron chi connectivity index (χ4n) is 0. The van der Waals surface area contributed by atoms with Crippen molar-refractivity contribution < 1.29 is 34.7 Å². The zero-order chi connectivity index (χ0) is 2.71. The van der Waals surface area contributed by atoms with E-state index in [1.807, 2.05) is 0 Å². The third-order valence-corrected chi connectivity index (χ3v) is 0. The van der Waals surface area contributed by atoms with Gasteiger partial charge in [-0.3, -0.25) is 0 Å². The van der Waals surface area contributed by atoms with Gasteiger partial charge in [-0.15, -0.1) is 19.0 Å². The van der Waals surface area contributed by atoms with Crippen molar-refractivity contribution in [2.75, 3.05) is 6.61 Å².